The number of alkyl halides is 3. The fraction of sp³-hybridized carbons (Fsp3) is 0.556. The molecule has 0 N–H and O–H groups in total. The molecule has 0 atom stereocenters. The fourth-order valence-electron chi connectivity index (χ4n) is 4.99. The second-order valence-corrected chi connectivity index (χ2v) is 10.3. The molecule has 0 radical (unpaired) electrons. The van der Waals surface area contributed by atoms with Gasteiger partial charge in [0.05, 0.1) is 25.0 Å². The molecule has 11 heteroatoms. The number of piperidine rings is 2. The molecular formula is C27H34F3N7O. The SMILES string of the molecule is CC1CCN(c2nc(-n3cc(COCCN4CCCCC4)nn3)ncc2-c2ccc(C(F)(F)F)cc2)CC1. The summed E-state index contributed by atoms with van der Waals surface area (Å²) in [5.41, 5.74) is 1.34. The average molecular weight is 530 g/mol. The second kappa shape index (κ2) is 11.8. The Morgan fingerprint density at radius 2 is 1.74 bits per heavy atom. The minimum atomic E-state index is -4.38. The predicted octanol–water partition coefficient (Wildman–Crippen LogP) is 4.98. The lowest BCUT2D eigenvalue weighted by atomic mass is 9.98. The summed E-state index contributed by atoms with van der Waals surface area (Å²) in [6.07, 6.45) is 4.90. The van der Waals surface area contributed by atoms with E-state index in [-0.39, 0.29) is 0 Å². The highest BCUT2D eigenvalue weighted by Crippen LogP contribution is 2.35. The Balaban J connectivity index is 1.32. The lowest BCUT2D eigenvalue weighted by Crippen LogP contribution is -2.34. The quantitative estimate of drug-likeness (QED) is 0.381. The maximum atomic E-state index is 13.1. The van der Waals surface area contributed by atoms with Gasteiger partial charge in [0.2, 0.25) is 0 Å². The van der Waals surface area contributed by atoms with E-state index in [9.17, 15) is 13.2 Å². The number of likely N-dealkylation sites (tertiary alicyclic amines) is 1. The Bertz CT molecular complexity index is 1180. The minimum absolute atomic E-state index is 0.356. The van der Waals surface area contributed by atoms with Gasteiger partial charge in [-0.1, -0.05) is 30.7 Å². The molecule has 2 aromatic heterocycles. The van der Waals surface area contributed by atoms with Crippen LogP contribution in [0.1, 0.15) is 50.3 Å². The van der Waals surface area contributed by atoms with Crippen molar-refractivity contribution in [2.24, 2.45) is 5.92 Å². The van der Waals surface area contributed by atoms with Crippen LogP contribution in [0.15, 0.2) is 36.7 Å². The first kappa shape index (κ1) is 26.6. The van der Waals surface area contributed by atoms with Crippen LogP contribution in [-0.2, 0) is 17.5 Å². The van der Waals surface area contributed by atoms with Gasteiger partial charge in [-0.2, -0.15) is 22.8 Å². The zero-order valence-electron chi connectivity index (χ0n) is 21.7. The Morgan fingerprint density at radius 1 is 1.00 bits per heavy atom. The van der Waals surface area contributed by atoms with Gasteiger partial charge < -0.3 is 14.5 Å². The van der Waals surface area contributed by atoms with E-state index in [0.29, 0.717) is 47.7 Å². The van der Waals surface area contributed by atoms with E-state index >= 15 is 0 Å². The summed E-state index contributed by atoms with van der Waals surface area (Å²) >= 11 is 0. The largest absolute Gasteiger partial charge is 0.416 e. The van der Waals surface area contributed by atoms with Crippen molar-refractivity contribution in [1.82, 2.24) is 29.9 Å². The van der Waals surface area contributed by atoms with Gasteiger partial charge in [-0.3, -0.25) is 0 Å². The van der Waals surface area contributed by atoms with Crippen molar-refractivity contribution in [3.8, 4) is 17.1 Å². The van der Waals surface area contributed by atoms with Crippen molar-refractivity contribution >= 4 is 5.82 Å². The Morgan fingerprint density at radius 3 is 2.45 bits per heavy atom. The van der Waals surface area contributed by atoms with Crippen LogP contribution < -0.4 is 4.90 Å². The summed E-state index contributed by atoms with van der Waals surface area (Å²) < 4.78 is 46.6. The van der Waals surface area contributed by atoms with E-state index in [0.717, 1.165) is 57.7 Å². The third kappa shape index (κ3) is 6.50. The first-order valence-corrected chi connectivity index (χ1v) is 13.4. The van der Waals surface area contributed by atoms with Crippen molar-refractivity contribution < 1.29 is 17.9 Å². The molecule has 0 unspecified atom stereocenters. The number of ether oxygens (including phenoxy) is 1. The first-order chi connectivity index (χ1) is 18.4. The molecule has 38 heavy (non-hydrogen) atoms. The molecule has 2 fully saturated rings. The van der Waals surface area contributed by atoms with Crippen LogP contribution in [0.3, 0.4) is 0 Å². The molecule has 2 aliphatic heterocycles. The highest BCUT2D eigenvalue weighted by Gasteiger charge is 2.30. The highest BCUT2D eigenvalue weighted by atomic mass is 19.4. The Labute approximate surface area is 220 Å². The number of aromatic nitrogens is 5. The van der Waals surface area contributed by atoms with Crippen LogP contribution in [0.2, 0.25) is 0 Å². The number of halogens is 3. The van der Waals surface area contributed by atoms with Crippen LogP contribution in [0.5, 0.6) is 0 Å². The summed E-state index contributed by atoms with van der Waals surface area (Å²) in [5, 5.41) is 8.42. The molecular weight excluding hydrogens is 495 g/mol. The van der Waals surface area contributed by atoms with E-state index < -0.39 is 11.7 Å². The zero-order chi connectivity index (χ0) is 26.5. The zero-order valence-corrected chi connectivity index (χ0v) is 21.7. The molecule has 4 heterocycles. The molecule has 0 bridgehead atoms. The van der Waals surface area contributed by atoms with Crippen molar-refractivity contribution in [3.05, 3.63) is 47.9 Å². The van der Waals surface area contributed by atoms with E-state index in [2.05, 4.69) is 32.0 Å². The van der Waals surface area contributed by atoms with Gasteiger partial charge >= 0.3 is 6.18 Å². The summed E-state index contributed by atoms with van der Waals surface area (Å²) in [6.45, 7) is 8.05. The summed E-state index contributed by atoms with van der Waals surface area (Å²) in [7, 11) is 0. The van der Waals surface area contributed by atoms with E-state index in [4.69, 9.17) is 9.72 Å². The smallest absolute Gasteiger partial charge is 0.374 e. The number of hydrogen-bond donors (Lipinski definition) is 0. The maximum absolute atomic E-state index is 13.1. The Hall–Kier alpha value is -3.05. The van der Waals surface area contributed by atoms with Crippen LogP contribution >= 0.6 is 0 Å². The lowest BCUT2D eigenvalue weighted by Gasteiger charge is -2.32. The van der Waals surface area contributed by atoms with Gasteiger partial charge in [0.15, 0.2) is 0 Å². The number of anilines is 1. The lowest BCUT2D eigenvalue weighted by molar-refractivity contribution is -0.137. The van der Waals surface area contributed by atoms with Crippen LogP contribution in [-0.4, -0.2) is 69.2 Å². The summed E-state index contributed by atoms with van der Waals surface area (Å²) in [4.78, 5) is 13.9. The monoisotopic (exact) mass is 529 g/mol. The van der Waals surface area contributed by atoms with Crippen LogP contribution in [0.25, 0.3) is 17.1 Å². The molecule has 5 rings (SSSR count). The van der Waals surface area contributed by atoms with Gasteiger partial charge in [0, 0.05) is 31.4 Å². The third-order valence-corrected chi connectivity index (χ3v) is 7.36. The maximum Gasteiger partial charge on any atom is 0.416 e. The van der Waals surface area contributed by atoms with Crippen molar-refractivity contribution in [2.75, 3.05) is 44.2 Å². The molecule has 204 valence electrons. The van der Waals surface area contributed by atoms with Gasteiger partial charge in [-0.25, -0.2) is 4.98 Å². The van der Waals surface area contributed by atoms with Gasteiger partial charge in [-0.05, 0) is 62.4 Å². The molecule has 0 amide bonds. The predicted molar refractivity (Wildman–Crippen MR) is 138 cm³/mol. The van der Waals surface area contributed by atoms with E-state index in [1.165, 1.54) is 36.1 Å². The van der Waals surface area contributed by atoms with Gasteiger partial charge in [0.25, 0.3) is 5.95 Å². The van der Waals surface area contributed by atoms with Crippen molar-refractivity contribution in [1.29, 1.82) is 0 Å². The molecule has 0 saturated carbocycles. The number of nitrogens with zero attached hydrogens (tertiary/aromatic N) is 7. The third-order valence-electron chi connectivity index (χ3n) is 7.36. The normalized spacial score (nSPS) is 17.7. The topological polar surface area (TPSA) is 72.2 Å². The number of rotatable bonds is 8. The molecule has 0 aliphatic carbocycles. The highest BCUT2D eigenvalue weighted by molar-refractivity contribution is 5.76. The number of hydrogen-bond acceptors (Lipinski definition) is 7. The van der Waals surface area contributed by atoms with Gasteiger partial charge in [-0.15, -0.1) is 5.10 Å². The molecule has 2 saturated heterocycles. The summed E-state index contributed by atoms with van der Waals surface area (Å²) in [5.74, 6) is 1.67. The van der Waals surface area contributed by atoms with Crippen molar-refractivity contribution in [2.45, 2.75) is 51.8 Å². The number of benzene rings is 1. The Kier molecular flexibility index (Phi) is 8.23. The second-order valence-electron chi connectivity index (χ2n) is 10.3. The molecule has 2 aliphatic rings. The van der Waals surface area contributed by atoms with Crippen molar-refractivity contribution in [3.63, 3.8) is 0 Å². The molecule has 3 aromatic rings. The molecule has 1 aromatic carbocycles. The summed E-state index contributed by atoms with van der Waals surface area (Å²) in [6, 6.07) is 5.15. The standard InChI is InChI=1S/C27H34F3N7O/c1-20-9-13-36(14-10-20)25-24(21-5-7-22(8-6-21)27(28,29)30)17-31-26(32-25)37-18-23(33-34-37)19-38-16-15-35-11-3-2-4-12-35/h5-8,17-18,20H,2-4,9-16,19H2,1H3. The van der Waals surface area contributed by atoms with E-state index in [1.807, 2.05) is 0 Å². The average Bonchev–Trinajstić information content (AvgIpc) is 3.40. The van der Waals surface area contributed by atoms with Gasteiger partial charge in [0.1, 0.15) is 11.5 Å². The van der Waals surface area contributed by atoms with Crippen LogP contribution in [0.4, 0.5) is 19.0 Å². The minimum Gasteiger partial charge on any atom is -0.374 e. The first-order valence-electron chi connectivity index (χ1n) is 13.4. The molecule has 8 nitrogen and oxygen atoms in total. The van der Waals surface area contributed by atoms with Crippen LogP contribution in [0, 0.1) is 5.92 Å². The van der Waals surface area contributed by atoms with E-state index in [1.54, 1.807) is 12.4 Å². The molecule has 0 spiro atoms. The fourth-order valence-corrected chi connectivity index (χ4v) is 4.99.